The number of Topliss-reactive ketones (excluding diaryl/α,β-unsaturated/α-hetero) is 1. The number of carbonyl (C=O) groups excluding carboxylic acids is 1. The van der Waals surface area contributed by atoms with E-state index in [-0.39, 0.29) is 0 Å². The molecule has 0 bridgehead atoms. The Kier molecular flexibility index (Phi) is 2.72. The first-order valence-electron chi connectivity index (χ1n) is 5.44. The average molecular weight is 200 g/mol. The van der Waals surface area contributed by atoms with Crippen molar-refractivity contribution in [3.63, 3.8) is 0 Å². The van der Waals surface area contributed by atoms with Crippen LogP contribution in [0.1, 0.15) is 25.3 Å². The van der Waals surface area contributed by atoms with Crippen LogP contribution in [0.5, 0.6) is 0 Å². The van der Waals surface area contributed by atoms with Crippen molar-refractivity contribution in [2.75, 3.05) is 0 Å². The van der Waals surface area contributed by atoms with E-state index in [1.54, 1.807) is 0 Å². The monoisotopic (exact) mass is 200 g/mol. The number of hydrogen-bond acceptors (Lipinski definition) is 1. The maximum atomic E-state index is 11.4. The van der Waals surface area contributed by atoms with Crippen LogP contribution in [-0.4, -0.2) is 5.78 Å². The van der Waals surface area contributed by atoms with Gasteiger partial charge in [-0.25, -0.2) is 0 Å². The fourth-order valence-corrected chi connectivity index (χ4v) is 2.36. The van der Waals surface area contributed by atoms with Crippen molar-refractivity contribution in [1.82, 2.24) is 0 Å². The van der Waals surface area contributed by atoms with Gasteiger partial charge in [-0.1, -0.05) is 43.8 Å². The molecule has 1 aromatic carbocycles. The molecule has 2 rings (SSSR count). The normalized spacial score (nSPS) is 25.5. The third-order valence-corrected chi connectivity index (χ3v) is 3.28. The van der Waals surface area contributed by atoms with E-state index < -0.39 is 0 Å². The van der Waals surface area contributed by atoms with Crippen LogP contribution in [0.25, 0.3) is 5.57 Å². The third-order valence-electron chi connectivity index (χ3n) is 3.28. The molecule has 1 aromatic rings. The maximum Gasteiger partial charge on any atom is 0.133 e. The van der Waals surface area contributed by atoms with Crippen molar-refractivity contribution >= 4 is 11.4 Å². The molecule has 0 aliphatic heterocycles. The van der Waals surface area contributed by atoms with Crippen LogP contribution < -0.4 is 0 Å². The maximum absolute atomic E-state index is 11.4. The number of allylic oxidation sites excluding steroid dienone is 1. The Morgan fingerprint density at radius 1 is 1.27 bits per heavy atom. The average Bonchev–Trinajstić information content (AvgIpc) is 2.58. The van der Waals surface area contributed by atoms with E-state index in [9.17, 15) is 4.79 Å². The Labute approximate surface area is 90.8 Å². The molecule has 1 saturated carbocycles. The highest BCUT2D eigenvalue weighted by atomic mass is 16.1. The smallest absolute Gasteiger partial charge is 0.133 e. The van der Waals surface area contributed by atoms with Crippen molar-refractivity contribution in [3.05, 3.63) is 42.5 Å². The molecule has 1 fully saturated rings. The molecule has 78 valence electrons. The van der Waals surface area contributed by atoms with E-state index in [0.29, 0.717) is 24.0 Å². The predicted molar refractivity (Wildman–Crippen MR) is 62.4 cm³/mol. The Morgan fingerprint density at radius 2 is 1.93 bits per heavy atom. The van der Waals surface area contributed by atoms with Crippen molar-refractivity contribution < 1.29 is 4.79 Å². The van der Waals surface area contributed by atoms with Gasteiger partial charge in [-0.2, -0.15) is 0 Å². The molecule has 1 heteroatoms. The van der Waals surface area contributed by atoms with E-state index in [0.717, 1.165) is 12.0 Å². The summed E-state index contributed by atoms with van der Waals surface area (Å²) in [6.07, 6.45) is 1.39. The summed E-state index contributed by atoms with van der Waals surface area (Å²) < 4.78 is 0. The van der Waals surface area contributed by atoms with Crippen molar-refractivity contribution in [1.29, 1.82) is 0 Å². The number of rotatable bonds is 2. The first-order chi connectivity index (χ1) is 7.18. The van der Waals surface area contributed by atoms with E-state index in [4.69, 9.17) is 0 Å². The van der Waals surface area contributed by atoms with E-state index >= 15 is 0 Å². The van der Waals surface area contributed by atoms with Gasteiger partial charge in [0.15, 0.2) is 0 Å². The van der Waals surface area contributed by atoms with Gasteiger partial charge in [0, 0.05) is 12.8 Å². The van der Waals surface area contributed by atoms with Gasteiger partial charge in [0.2, 0.25) is 0 Å². The SMILES string of the molecule is C=C(c1ccccc1)[C@H]1CC(=O)C[C@@H]1C. The molecule has 0 saturated heterocycles. The van der Waals surface area contributed by atoms with Gasteiger partial charge in [0.05, 0.1) is 0 Å². The Balaban J connectivity index is 2.19. The topological polar surface area (TPSA) is 17.1 Å². The molecule has 0 radical (unpaired) electrons. The van der Waals surface area contributed by atoms with Gasteiger partial charge in [0.25, 0.3) is 0 Å². The summed E-state index contributed by atoms with van der Waals surface area (Å²) in [4.78, 5) is 11.4. The molecule has 15 heavy (non-hydrogen) atoms. The summed E-state index contributed by atoms with van der Waals surface area (Å²) >= 11 is 0. The molecular formula is C14H16O. The Morgan fingerprint density at radius 3 is 2.47 bits per heavy atom. The summed E-state index contributed by atoms with van der Waals surface area (Å²) in [6, 6.07) is 10.2. The van der Waals surface area contributed by atoms with Crippen LogP contribution >= 0.6 is 0 Å². The minimum Gasteiger partial charge on any atom is -0.300 e. The number of hydrogen-bond donors (Lipinski definition) is 0. The van der Waals surface area contributed by atoms with Gasteiger partial charge in [0.1, 0.15) is 5.78 Å². The van der Waals surface area contributed by atoms with E-state index in [1.807, 2.05) is 18.2 Å². The molecule has 0 amide bonds. The summed E-state index contributed by atoms with van der Waals surface area (Å²) in [5.41, 5.74) is 2.29. The quantitative estimate of drug-likeness (QED) is 0.715. The first-order valence-corrected chi connectivity index (χ1v) is 5.44. The van der Waals surface area contributed by atoms with Crippen LogP contribution in [0.3, 0.4) is 0 Å². The van der Waals surface area contributed by atoms with Crippen LogP contribution in [0.4, 0.5) is 0 Å². The van der Waals surface area contributed by atoms with Crippen LogP contribution in [0.2, 0.25) is 0 Å². The summed E-state index contributed by atoms with van der Waals surface area (Å²) in [7, 11) is 0. The van der Waals surface area contributed by atoms with Crippen molar-refractivity contribution in [2.24, 2.45) is 11.8 Å². The Hall–Kier alpha value is -1.37. The van der Waals surface area contributed by atoms with Crippen LogP contribution in [0.15, 0.2) is 36.9 Å². The lowest BCUT2D eigenvalue weighted by Crippen LogP contribution is -2.05. The van der Waals surface area contributed by atoms with E-state index in [1.165, 1.54) is 5.56 Å². The fraction of sp³-hybridized carbons (Fsp3) is 0.357. The lowest BCUT2D eigenvalue weighted by molar-refractivity contribution is -0.117. The minimum absolute atomic E-state index is 0.347. The molecular weight excluding hydrogens is 184 g/mol. The highest BCUT2D eigenvalue weighted by Crippen LogP contribution is 2.37. The zero-order chi connectivity index (χ0) is 10.8. The van der Waals surface area contributed by atoms with Gasteiger partial charge in [-0.05, 0) is 23.0 Å². The highest BCUT2D eigenvalue weighted by molar-refractivity contribution is 5.85. The van der Waals surface area contributed by atoms with E-state index in [2.05, 4.69) is 25.6 Å². The largest absolute Gasteiger partial charge is 0.300 e. The number of carbonyl (C=O) groups is 1. The fourth-order valence-electron chi connectivity index (χ4n) is 2.36. The second kappa shape index (κ2) is 4.01. The molecule has 0 heterocycles. The molecule has 1 nitrogen and oxygen atoms in total. The molecule has 0 unspecified atom stereocenters. The Bertz CT molecular complexity index is 378. The van der Waals surface area contributed by atoms with Gasteiger partial charge < -0.3 is 0 Å². The van der Waals surface area contributed by atoms with Crippen LogP contribution in [-0.2, 0) is 4.79 Å². The van der Waals surface area contributed by atoms with Gasteiger partial charge >= 0.3 is 0 Å². The van der Waals surface area contributed by atoms with Gasteiger partial charge in [-0.3, -0.25) is 4.79 Å². The summed E-state index contributed by atoms with van der Waals surface area (Å²) in [5.74, 6) is 1.18. The molecule has 1 aliphatic rings. The lowest BCUT2D eigenvalue weighted by Gasteiger charge is -2.17. The van der Waals surface area contributed by atoms with Gasteiger partial charge in [-0.15, -0.1) is 0 Å². The van der Waals surface area contributed by atoms with Crippen molar-refractivity contribution in [2.45, 2.75) is 19.8 Å². The predicted octanol–water partition coefficient (Wildman–Crippen LogP) is 3.32. The molecule has 0 spiro atoms. The molecule has 1 aliphatic carbocycles. The minimum atomic E-state index is 0.347. The zero-order valence-corrected chi connectivity index (χ0v) is 9.07. The number of ketones is 1. The summed E-state index contributed by atoms with van der Waals surface area (Å²) in [6.45, 7) is 6.28. The second-order valence-electron chi connectivity index (χ2n) is 4.42. The molecule has 0 aromatic heterocycles. The lowest BCUT2D eigenvalue weighted by atomic mass is 9.87. The second-order valence-corrected chi connectivity index (χ2v) is 4.42. The van der Waals surface area contributed by atoms with Crippen molar-refractivity contribution in [3.8, 4) is 0 Å². The third kappa shape index (κ3) is 2.01. The summed E-state index contributed by atoms with van der Waals surface area (Å²) in [5, 5.41) is 0. The zero-order valence-electron chi connectivity index (χ0n) is 9.07. The van der Waals surface area contributed by atoms with Crippen LogP contribution in [0, 0.1) is 11.8 Å². The highest BCUT2D eigenvalue weighted by Gasteiger charge is 2.31. The standard InChI is InChI=1S/C14H16O/c1-10-8-13(15)9-14(10)11(2)12-6-4-3-5-7-12/h3-7,10,14H,2,8-9H2,1H3/t10-,14-/m0/s1. The first kappa shape index (κ1) is 10.2. The molecule has 2 atom stereocenters. The molecule has 0 N–H and O–H groups in total. The number of benzene rings is 1.